The van der Waals surface area contributed by atoms with Gasteiger partial charge < -0.3 is 4.79 Å². The van der Waals surface area contributed by atoms with E-state index < -0.39 is 0 Å². The second-order valence-electron chi connectivity index (χ2n) is 7.30. The molecule has 0 N–H and O–H groups in total. The Bertz CT molecular complexity index is 1150. The minimum Gasteiger partial charge on any atom is -0.303 e. The monoisotopic (exact) mass is 436 g/mol. The van der Waals surface area contributed by atoms with Gasteiger partial charge in [-0.25, -0.2) is 0 Å². The number of ketones is 1. The lowest BCUT2D eigenvalue weighted by Crippen LogP contribution is -2.20. The van der Waals surface area contributed by atoms with Gasteiger partial charge in [-0.05, 0) is 35.0 Å². The molecule has 1 saturated carbocycles. The zero-order chi connectivity index (χ0) is 23.5. The van der Waals surface area contributed by atoms with Crippen LogP contribution in [-0.4, -0.2) is 12.1 Å². The average molecular weight is 436 g/mol. The molecule has 2 aromatic rings. The molecule has 0 saturated heterocycles. The molecule has 3 rings (SSSR count). The molecule has 0 radical (unpaired) electrons. The first-order valence-corrected chi connectivity index (χ1v) is 10.2. The Balaban J connectivity index is 1.74. The molecule has 1 fully saturated rings. The molecule has 0 atom stereocenters. The van der Waals surface area contributed by atoms with Gasteiger partial charge in [0.25, 0.3) is 0 Å². The van der Waals surface area contributed by atoms with Crippen molar-refractivity contribution in [1.82, 2.24) is 0 Å². The second kappa shape index (κ2) is 11.7. The number of hydrogen-bond acceptors (Lipinski definition) is 4. The molecule has 1 aliphatic carbocycles. The van der Waals surface area contributed by atoms with Crippen molar-refractivity contribution < 1.29 is 9.59 Å². The minimum atomic E-state index is -0.242. The highest BCUT2D eigenvalue weighted by atomic mass is 16.1. The van der Waals surface area contributed by atoms with Gasteiger partial charge in [-0.2, -0.15) is 0 Å². The van der Waals surface area contributed by atoms with E-state index in [1.807, 2.05) is 36.4 Å². The number of azide groups is 2. The summed E-state index contributed by atoms with van der Waals surface area (Å²) in [5.41, 5.74) is 20.9. The molecular weight excluding hydrogens is 416 g/mol. The van der Waals surface area contributed by atoms with E-state index in [1.54, 1.807) is 48.6 Å². The van der Waals surface area contributed by atoms with E-state index in [-0.39, 0.29) is 11.7 Å². The van der Waals surface area contributed by atoms with Crippen molar-refractivity contribution >= 4 is 35.6 Å². The number of Topliss-reactive ketones (excluding diaryl/α,β-unsaturated/α-hetero) is 1. The van der Waals surface area contributed by atoms with Crippen molar-refractivity contribution in [3.8, 4) is 0 Å². The van der Waals surface area contributed by atoms with E-state index in [0.717, 1.165) is 17.4 Å². The Morgan fingerprint density at radius 3 is 1.55 bits per heavy atom. The predicted octanol–water partition coefficient (Wildman–Crippen LogP) is 7.33. The van der Waals surface area contributed by atoms with Crippen LogP contribution >= 0.6 is 0 Å². The molecule has 8 nitrogen and oxygen atoms in total. The van der Waals surface area contributed by atoms with Gasteiger partial charge in [-0.1, -0.05) is 95.2 Å². The summed E-state index contributed by atoms with van der Waals surface area (Å²) in [6.45, 7) is 0. The number of carbonyl (C=O) groups excluding carboxylic acids is 2. The van der Waals surface area contributed by atoms with Crippen molar-refractivity contribution in [2.75, 3.05) is 0 Å². The molecule has 8 heteroatoms. The van der Waals surface area contributed by atoms with Crippen molar-refractivity contribution in [3.63, 3.8) is 0 Å². The molecule has 0 heterocycles. The molecule has 0 aromatic heterocycles. The SMILES string of the molecule is [N-]=[N+]=Nc1ccc(/C=C/C=C2\CC(C=O)C/C(=C\C=C\c3ccc(N=[N+]=[N-])cc3)C2=O)cc1. The van der Waals surface area contributed by atoms with E-state index in [2.05, 4.69) is 20.1 Å². The van der Waals surface area contributed by atoms with Gasteiger partial charge in [0.05, 0.1) is 0 Å². The smallest absolute Gasteiger partial charge is 0.185 e. The lowest BCUT2D eigenvalue weighted by atomic mass is 9.81. The van der Waals surface area contributed by atoms with Crippen LogP contribution in [0.4, 0.5) is 11.4 Å². The third kappa shape index (κ3) is 6.67. The zero-order valence-corrected chi connectivity index (χ0v) is 17.7. The summed E-state index contributed by atoms with van der Waals surface area (Å²) in [5.74, 6) is -0.312. The third-order valence-electron chi connectivity index (χ3n) is 5.02. The number of aldehydes is 1. The van der Waals surface area contributed by atoms with Gasteiger partial charge in [-0.3, -0.25) is 4.79 Å². The molecule has 0 spiro atoms. The number of rotatable bonds is 7. The van der Waals surface area contributed by atoms with Crippen LogP contribution in [0.2, 0.25) is 0 Å². The van der Waals surface area contributed by atoms with Crippen LogP contribution < -0.4 is 0 Å². The topological polar surface area (TPSA) is 132 Å². The van der Waals surface area contributed by atoms with Gasteiger partial charge in [0.1, 0.15) is 6.29 Å². The first-order chi connectivity index (χ1) is 16.1. The zero-order valence-electron chi connectivity index (χ0n) is 17.7. The van der Waals surface area contributed by atoms with E-state index in [4.69, 9.17) is 11.1 Å². The summed E-state index contributed by atoms with van der Waals surface area (Å²) in [6, 6.07) is 14.1. The number of benzene rings is 2. The van der Waals surface area contributed by atoms with Crippen molar-refractivity contribution in [2.45, 2.75) is 12.8 Å². The Morgan fingerprint density at radius 2 is 1.18 bits per heavy atom. The highest BCUT2D eigenvalue weighted by Gasteiger charge is 2.26. The van der Waals surface area contributed by atoms with Crippen LogP contribution in [0.5, 0.6) is 0 Å². The molecule has 1 aliphatic rings. The largest absolute Gasteiger partial charge is 0.303 e. The third-order valence-corrected chi connectivity index (χ3v) is 5.02. The van der Waals surface area contributed by atoms with Gasteiger partial charge in [0, 0.05) is 38.3 Å². The lowest BCUT2D eigenvalue weighted by molar-refractivity contribution is -0.115. The summed E-state index contributed by atoms with van der Waals surface area (Å²) in [5, 5.41) is 7.06. The molecule has 162 valence electrons. The van der Waals surface area contributed by atoms with Crippen LogP contribution in [0.3, 0.4) is 0 Å². The van der Waals surface area contributed by atoms with Crippen LogP contribution in [0.25, 0.3) is 33.0 Å². The molecule has 0 unspecified atom stereocenters. The van der Waals surface area contributed by atoms with Gasteiger partial charge in [0.15, 0.2) is 5.78 Å². The van der Waals surface area contributed by atoms with Crippen LogP contribution in [0.1, 0.15) is 24.0 Å². The normalized spacial score (nSPS) is 18.4. The number of allylic oxidation sites excluding steroid dienone is 6. The van der Waals surface area contributed by atoms with E-state index in [1.165, 1.54) is 0 Å². The Kier molecular flexibility index (Phi) is 8.15. The highest BCUT2D eigenvalue weighted by molar-refractivity contribution is 6.10. The van der Waals surface area contributed by atoms with E-state index >= 15 is 0 Å². The van der Waals surface area contributed by atoms with Crippen LogP contribution in [0, 0.1) is 5.92 Å². The maximum absolute atomic E-state index is 12.9. The minimum absolute atomic E-state index is 0.0696. The van der Waals surface area contributed by atoms with Gasteiger partial charge in [0.2, 0.25) is 0 Å². The Labute approximate surface area is 190 Å². The molecular formula is C25H20N6O2. The number of hydrogen-bond donors (Lipinski definition) is 0. The van der Waals surface area contributed by atoms with Crippen molar-refractivity contribution in [1.29, 1.82) is 0 Å². The van der Waals surface area contributed by atoms with Gasteiger partial charge in [-0.15, -0.1) is 0 Å². The van der Waals surface area contributed by atoms with Crippen molar-refractivity contribution in [2.24, 2.45) is 16.1 Å². The molecule has 2 aromatic carbocycles. The summed E-state index contributed by atoms with van der Waals surface area (Å²) >= 11 is 0. The summed E-state index contributed by atoms with van der Waals surface area (Å²) in [6.07, 6.45) is 12.4. The van der Waals surface area contributed by atoms with Crippen LogP contribution in [0.15, 0.2) is 94.2 Å². The molecule has 0 amide bonds. The van der Waals surface area contributed by atoms with E-state index in [0.29, 0.717) is 35.4 Å². The fourth-order valence-corrected chi connectivity index (χ4v) is 3.37. The first-order valence-electron chi connectivity index (χ1n) is 10.2. The Morgan fingerprint density at radius 1 is 0.758 bits per heavy atom. The quantitative estimate of drug-likeness (QED) is 0.148. The number of nitrogens with zero attached hydrogens (tertiary/aromatic N) is 6. The second-order valence-corrected chi connectivity index (χ2v) is 7.30. The maximum Gasteiger partial charge on any atom is 0.185 e. The van der Waals surface area contributed by atoms with E-state index in [9.17, 15) is 9.59 Å². The highest BCUT2D eigenvalue weighted by Crippen LogP contribution is 2.29. The average Bonchev–Trinajstić information content (AvgIpc) is 2.83. The first kappa shape index (κ1) is 23.0. The fraction of sp³-hybridized carbons (Fsp3) is 0.120. The van der Waals surface area contributed by atoms with Crippen molar-refractivity contribution in [3.05, 3.63) is 116 Å². The fourth-order valence-electron chi connectivity index (χ4n) is 3.37. The Hall–Kier alpha value is -4.64. The summed E-state index contributed by atoms with van der Waals surface area (Å²) in [4.78, 5) is 29.8. The maximum atomic E-state index is 12.9. The molecule has 33 heavy (non-hydrogen) atoms. The standard InChI is InChI=1S/C25H20N6O2/c26-30-28-23-11-7-18(8-12-23)3-1-5-21-15-20(17-32)16-22(25(21)33)6-2-4-19-9-13-24(14-10-19)29-31-27/h1-14,17,20H,15-16H2/b3-1+,4-2+,21-5+,22-6+. The van der Waals surface area contributed by atoms with Gasteiger partial charge >= 0.3 is 0 Å². The lowest BCUT2D eigenvalue weighted by Gasteiger charge is -2.21. The predicted molar refractivity (Wildman–Crippen MR) is 129 cm³/mol. The summed E-state index contributed by atoms with van der Waals surface area (Å²) in [7, 11) is 0. The summed E-state index contributed by atoms with van der Waals surface area (Å²) < 4.78 is 0. The molecule has 0 aliphatic heterocycles. The van der Waals surface area contributed by atoms with Crippen LogP contribution in [-0.2, 0) is 9.59 Å². The molecule has 0 bridgehead atoms. The number of carbonyl (C=O) groups is 2.